The van der Waals surface area contributed by atoms with Gasteiger partial charge in [0.1, 0.15) is 0 Å². The number of nitrogens with zero attached hydrogens (tertiary/aromatic N) is 3. The number of carbonyl (C=O) groups excluding carboxylic acids is 1. The maximum atomic E-state index is 12.6. The van der Waals surface area contributed by atoms with Crippen LogP contribution in [-0.4, -0.2) is 20.7 Å². The second-order valence-electron chi connectivity index (χ2n) is 7.13. The van der Waals surface area contributed by atoms with Crippen molar-refractivity contribution in [2.24, 2.45) is 0 Å². The second-order valence-corrected chi connectivity index (χ2v) is 8.95. The van der Waals surface area contributed by atoms with Crippen LogP contribution in [-0.2, 0) is 12.3 Å². The lowest BCUT2D eigenvalue weighted by molar-refractivity contribution is 0.0949. The Kier molecular flexibility index (Phi) is 7.15. The minimum atomic E-state index is -0.233. The summed E-state index contributed by atoms with van der Waals surface area (Å²) < 4.78 is 1.95. The van der Waals surface area contributed by atoms with Gasteiger partial charge in [-0.25, -0.2) is 0 Å². The van der Waals surface area contributed by atoms with Crippen molar-refractivity contribution >= 4 is 40.9 Å². The van der Waals surface area contributed by atoms with Crippen LogP contribution in [0.3, 0.4) is 0 Å². The van der Waals surface area contributed by atoms with E-state index in [4.69, 9.17) is 23.2 Å². The van der Waals surface area contributed by atoms with Gasteiger partial charge in [0.2, 0.25) is 0 Å². The molecule has 0 saturated heterocycles. The first-order valence-electron chi connectivity index (χ1n) is 9.92. The van der Waals surface area contributed by atoms with E-state index in [1.54, 1.807) is 36.0 Å². The van der Waals surface area contributed by atoms with Gasteiger partial charge in [0.05, 0.1) is 12.2 Å². The van der Waals surface area contributed by atoms with Crippen molar-refractivity contribution in [3.8, 4) is 5.69 Å². The fourth-order valence-electron chi connectivity index (χ4n) is 3.19. The van der Waals surface area contributed by atoms with E-state index in [9.17, 15) is 4.79 Å². The maximum Gasteiger partial charge on any atom is 0.251 e. The minimum Gasteiger partial charge on any atom is -0.345 e. The van der Waals surface area contributed by atoms with Crippen LogP contribution in [0, 0.1) is 6.92 Å². The highest BCUT2D eigenvalue weighted by Crippen LogP contribution is 2.28. The molecule has 0 radical (unpaired) electrons. The molecule has 4 rings (SSSR count). The van der Waals surface area contributed by atoms with Gasteiger partial charge in [-0.15, -0.1) is 10.2 Å². The predicted octanol–water partition coefficient (Wildman–Crippen LogP) is 6.10. The number of aryl methyl sites for hydroxylation is 1. The molecule has 0 aliphatic rings. The molecule has 0 aliphatic heterocycles. The number of nitrogens with one attached hydrogen (secondary N) is 1. The number of hydrogen-bond acceptors (Lipinski definition) is 4. The van der Waals surface area contributed by atoms with Crippen LogP contribution in [0.5, 0.6) is 0 Å². The van der Waals surface area contributed by atoms with Crippen LogP contribution >= 0.6 is 35.0 Å². The van der Waals surface area contributed by atoms with Crippen molar-refractivity contribution in [1.82, 2.24) is 20.1 Å². The molecule has 0 spiro atoms. The number of amides is 1. The lowest BCUT2D eigenvalue weighted by Crippen LogP contribution is -2.24. The first-order chi connectivity index (χ1) is 15.5. The van der Waals surface area contributed by atoms with Gasteiger partial charge in [-0.3, -0.25) is 9.36 Å². The van der Waals surface area contributed by atoms with Crippen molar-refractivity contribution in [2.45, 2.75) is 24.4 Å². The quantitative estimate of drug-likeness (QED) is 0.323. The molecule has 0 aliphatic carbocycles. The number of carbonyl (C=O) groups is 1. The van der Waals surface area contributed by atoms with Crippen molar-refractivity contribution in [2.75, 3.05) is 0 Å². The second kappa shape index (κ2) is 10.2. The Bertz CT molecular complexity index is 1240. The normalized spacial score (nSPS) is 10.8. The zero-order valence-electron chi connectivity index (χ0n) is 17.3. The minimum absolute atomic E-state index is 0.205. The standard InChI is InChI=1S/C24H20Cl2N4OS/c1-16-10-11-20(26)13-21(16)30-22(14-27-23(31)18-8-5-9-19(25)12-18)28-29-24(30)32-15-17-6-3-2-4-7-17/h2-13H,14-15H2,1H3,(H,27,31). The summed E-state index contributed by atoms with van der Waals surface area (Å²) in [6.45, 7) is 2.21. The van der Waals surface area contributed by atoms with Gasteiger partial charge in [0, 0.05) is 21.4 Å². The molecule has 4 aromatic rings. The summed E-state index contributed by atoms with van der Waals surface area (Å²) in [4.78, 5) is 12.6. The molecule has 3 aromatic carbocycles. The third-order valence-corrected chi connectivity index (χ3v) is 6.29. The van der Waals surface area contributed by atoms with Gasteiger partial charge < -0.3 is 5.32 Å². The topological polar surface area (TPSA) is 59.8 Å². The van der Waals surface area contributed by atoms with Crippen LogP contribution < -0.4 is 5.32 Å². The van der Waals surface area contributed by atoms with Gasteiger partial charge in [-0.2, -0.15) is 0 Å². The lowest BCUT2D eigenvalue weighted by Gasteiger charge is -2.14. The molecule has 32 heavy (non-hydrogen) atoms. The van der Waals surface area contributed by atoms with E-state index in [-0.39, 0.29) is 12.5 Å². The Morgan fingerprint density at radius 2 is 1.75 bits per heavy atom. The summed E-state index contributed by atoms with van der Waals surface area (Å²) in [5.74, 6) is 1.12. The van der Waals surface area contributed by atoms with E-state index in [0.717, 1.165) is 22.2 Å². The number of benzene rings is 3. The maximum absolute atomic E-state index is 12.6. The van der Waals surface area contributed by atoms with E-state index in [2.05, 4.69) is 27.6 Å². The fourth-order valence-corrected chi connectivity index (χ4v) is 4.46. The Labute approximate surface area is 200 Å². The number of rotatable bonds is 7. The third kappa shape index (κ3) is 5.33. The number of hydrogen-bond donors (Lipinski definition) is 1. The average Bonchev–Trinajstić information content (AvgIpc) is 3.21. The number of thioether (sulfide) groups is 1. The molecule has 1 amide bonds. The molecule has 0 unspecified atom stereocenters. The van der Waals surface area contributed by atoms with Crippen LogP contribution in [0.4, 0.5) is 0 Å². The van der Waals surface area contributed by atoms with Gasteiger partial charge >= 0.3 is 0 Å². The summed E-state index contributed by atoms with van der Waals surface area (Å²) >= 11 is 13.9. The molecule has 162 valence electrons. The molecule has 0 bridgehead atoms. The zero-order valence-corrected chi connectivity index (χ0v) is 19.6. The molecule has 0 atom stereocenters. The lowest BCUT2D eigenvalue weighted by atomic mass is 10.2. The van der Waals surface area contributed by atoms with E-state index >= 15 is 0 Å². The Hall–Kier alpha value is -2.80. The van der Waals surface area contributed by atoms with Crippen LogP contribution in [0.15, 0.2) is 78.0 Å². The monoisotopic (exact) mass is 482 g/mol. The molecular formula is C24H20Cl2N4OS. The smallest absolute Gasteiger partial charge is 0.251 e. The highest BCUT2D eigenvalue weighted by molar-refractivity contribution is 7.98. The van der Waals surface area contributed by atoms with Gasteiger partial charge in [0.25, 0.3) is 5.91 Å². The predicted molar refractivity (Wildman–Crippen MR) is 130 cm³/mol. The summed E-state index contributed by atoms with van der Waals surface area (Å²) in [5.41, 5.74) is 3.58. The SMILES string of the molecule is Cc1ccc(Cl)cc1-n1c(CNC(=O)c2cccc(Cl)c2)nnc1SCc1ccccc1. The third-order valence-electron chi connectivity index (χ3n) is 4.82. The van der Waals surface area contributed by atoms with E-state index in [0.29, 0.717) is 21.4 Å². The van der Waals surface area contributed by atoms with Crippen LogP contribution in [0.2, 0.25) is 10.0 Å². The van der Waals surface area contributed by atoms with E-state index in [1.807, 2.05) is 47.9 Å². The molecule has 5 nitrogen and oxygen atoms in total. The average molecular weight is 483 g/mol. The van der Waals surface area contributed by atoms with Crippen molar-refractivity contribution in [3.05, 3.63) is 105 Å². The van der Waals surface area contributed by atoms with Crippen LogP contribution in [0.1, 0.15) is 27.3 Å². The van der Waals surface area contributed by atoms with E-state index in [1.165, 1.54) is 5.56 Å². The number of aromatic nitrogens is 3. The summed E-state index contributed by atoms with van der Waals surface area (Å²) in [7, 11) is 0. The van der Waals surface area contributed by atoms with Gasteiger partial charge in [0.15, 0.2) is 11.0 Å². The van der Waals surface area contributed by atoms with Crippen LogP contribution in [0.25, 0.3) is 5.69 Å². The fraction of sp³-hybridized carbons (Fsp3) is 0.125. The van der Waals surface area contributed by atoms with Gasteiger partial charge in [-0.1, -0.05) is 77.4 Å². The molecule has 0 fully saturated rings. The molecular weight excluding hydrogens is 463 g/mol. The Morgan fingerprint density at radius 1 is 0.969 bits per heavy atom. The van der Waals surface area contributed by atoms with Crippen molar-refractivity contribution < 1.29 is 4.79 Å². The first-order valence-corrected chi connectivity index (χ1v) is 11.7. The zero-order chi connectivity index (χ0) is 22.5. The summed E-state index contributed by atoms with van der Waals surface area (Å²) in [6, 6.07) is 22.7. The van der Waals surface area contributed by atoms with E-state index < -0.39 is 0 Å². The summed E-state index contributed by atoms with van der Waals surface area (Å²) in [6.07, 6.45) is 0. The summed E-state index contributed by atoms with van der Waals surface area (Å²) in [5, 5.41) is 13.5. The number of halogens is 2. The first kappa shape index (κ1) is 22.4. The molecule has 8 heteroatoms. The molecule has 1 aromatic heterocycles. The Balaban J connectivity index is 1.62. The largest absolute Gasteiger partial charge is 0.345 e. The highest BCUT2D eigenvalue weighted by atomic mass is 35.5. The highest BCUT2D eigenvalue weighted by Gasteiger charge is 2.18. The van der Waals surface area contributed by atoms with Crippen molar-refractivity contribution in [3.63, 3.8) is 0 Å². The molecule has 0 saturated carbocycles. The molecule has 1 N–H and O–H groups in total. The molecule has 1 heterocycles. The van der Waals surface area contributed by atoms with Crippen molar-refractivity contribution in [1.29, 1.82) is 0 Å². The Morgan fingerprint density at radius 3 is 2.53 bits per heavy atom. The van der Waals surface area contributed by atoms with Gasteiger partial charge in [-0.05, 0) is 48.4 Å².